The minimum atomic E-state index is -0.365. The van der Waals surface area contributed by atoms with Crippen molar-refractivity contribution >= 4 is 12.0 Å². The maximum absolute atomic E-state index is 10.6. The summed E-state index contributed by atoms with van der Waals surface area (Å²) in [6.45, 7) is 1.97. The van der Waals surface area contributed by atoms with E-state index in [-0.39, 0.29) is 7.12 Å². The smallest absolute Gasteiger partial charge is 0.290 e. The van der Waals surface area contributed by atoms with Crippen LogP contribution in [0.2, 0.25) is 0 Å². The zero-order valence-corrected chi connectivity index (χ0v) is 6.24. The fourth-order valence-corrected chi connectivity index (χ4v) is 0.624. The number of hydrogen-bond acceptors (Lipinski definition) is 3. The number of aromatic amines is 1. The van der Waals surface area contributed by atoms with Crippen molar-refractivity contribution in [2.45, 2.75) is 13.3 Å². The predicted octanol–water partition coefficient (Wildman–Crippen LogP) is 1.13. The first kappa shape index (κ1) is 7.65. The lowest BCUT2D eigenvalue weighted by Gasteiger charge is -1.88. The minimum Gasteiger partial charge on any atom is -0.290 e. The van der Waals surface area contributed by atoms with Crippen LogP contribution in [0.4, 0.5) is 5.82 Å². The summed E-state index contributed by atoms with van der Waals surface area (Å²) in [5.74, 6) is 0.548. The Morgan fingerprint density at radius 2 is 2.73 bits per heavy atom. The van der Waals surface area contributed by atoms with Crippen molar-refractivity contribution in [2.75, 3.05) is 0 Å². The number of nitrogens with one attached hydrogen (secondary N) is 1. The molecule has 1 heterocycles. The third-order valence-electron chi connectivity index (χ3n) is 1.07. The largest absolute Gasteiger partial charge is 0.346 e. The number of aliphatic imine (C=N–C) groups is 1. The van der Waals surface area contributed by atoms with Gasteiger partial charge < -0.3 is 0 Å². The first-order chi connectivity index (χ1) is 5.33. The summed E-state index contributed by atoms with van der Waals surface area (Å²) < 4.78 is 0. The van der Waals surface area contributed by atoms with E-state index in [1.54, 1.807) is 12.3 Å². The van der Waals surface area contributed by atoms with Gasteiger partial charge >= 0.3 is 5.69 Å². The van der Waals surface area contributed by atoms with E-state index in [9.17, 15) is 4.79 Å². The van der Waals surface area contributed by atoms with E-state index in [1.165, 1.54) is 6.20 Å². The predicted molar refractivity (Wildman–Crippen MR) is 45.4 cm³/mol. The summed E-state index contributed by atoms with van der Waals surface area (Å²) in [7, 11) is 0. The lowest BCUT2D eigenvalue weighted by Crippen LogP contribution is -2.07. The molecule has 0 radical (unpaired) electrons. The molecule has 1 aromatic rings. The second-order valence-corrected chi connectivity index (χ2v) is 1.98. The molecule has 0 aromatic carbocycles. The lowest BCUT2D eigenvalue weighted by atomic mass is 10.5. The quantitative estimate of drug-likeness (QED) is 0.647. The Balaban J connectivity index is 0.00000121. The highest BCUT2D eigenvalue weighted by Crippen LogP contribution is 1.99. The summed E-state index contributed by atoms with van der Waals surface area (Å²) in [6, 6.07) is 1.65. The molecule has 0 aliphatic rings. The van der Waals surface area contributed by atoms with Gasteiger partial charge in [0.25, 0.3) is 0 Å². The summed E-state index contributed by atoms with van der Waals surface area (Å²) >= 11 is 0. The third kappa shape index (κ3) is 2.33. The van der Waals surface area contributed by atoms with Crippen molar-refractivity contribution in [3.05, 3.63) is 22.7 Å². The molecular weight excluding hydrogens is 142 g/mol. The van der Waals surface area contributed by atoms with Crippen LogP contribution in [0.1, 0.15) is 14.8 Å². The average Bonchev–Trinajstić information content (AvgIpc) is 2.01. The molecule has 0 saturated heterocycles. The van der Waals surface area contributed by atoms with Crippen LogP contribution < -0.4 is 5.69 Å². The molecule has 0 atom stereocenters. The summed E-state index contributed by atoms with van der Waals surface area (Å²) in [4.78, 5) is 20.5. The molecule has 0 bridgehead atoms. The molecule has 0 amide bonds. The Morgan fingerprint density at radius 3 is 3.36 bits per heavy atom. The van der Waals surface area contributed by atoms with Crippen molar-refractivity contribution in [1.82, 2.24) is 9.97 Å². The van der Waals surface area contributed by atoms with Crippen LogP contribution >= 0.6 is 0 Å². The normalized spacial score (nSPS) is 10.6. The molecule has 0 unspecified atom stereocenters. The maximum atomic E-state index is 10.6. The second-order valence-electron chi connectivity index (χ2n) is 1.98. The van der Waals surface area contributed by atoms with Gasteiger partial charge in [-0.25, -0.2) is 14.8 Å². The second kappa shape index (κ2) is 3.65. The highest BCUT2D eigenvalue weighted by molar-refractivity contribution is 5.60. The van der Waals surface area contributed by atoms with Gasteiger partial charge in [0.1, 0.15) is 5.82 Å². The minimum absolute atomic E-state index is 0. The van der Waals surface area contributed by atoms with Crippen LogP contribution in [-0.4, -0.2) is 16.2 Å². The van der Waals surface area contributed by atoms with Crippen LogP contribution in [0.3, 0.4) is 0 Å². The van der Waals surface area contributed by atoms with Crippen LogP contribution in [0.15, 0.2) is 22.1 Å². The van der Waals surface area contributed by atoms with Gasteiger partial charge in [-0.3, -0.25) is 4.98 Å². The molecular formula is C7H11N3O. The van der Waals surface area contributed by atoms with Gasteiger partial charge in [0.05, 0.1) is 0 Å². The van der Waals surface area contributed by atoms with E-state index in [4.69, 9.17) is 0 Å². The van der Waals surface area contributed by atoms with Crippen molar-refractivity contribution in [2.24, 2.45) is 4.99 Å². The summed E-state index contributed by atoms with van der Waals surface area (Å²) in [5, 5.41) is 0. The van der Waals surface area contributed by atoms with Gasteiger partial charge in [-0.05, 0) is 12.5 Å². The van der Waals surface area contributed by atoms with E-state index in [0.29, 0.717) is 5.82 Å². The van der Waals surface area contributed by atoms with Crippen LogP contribution in [0, 0.1) is 0 Å². The van der Waals surface area contributed by atoms with Gasteiger partial charge in [-0.1, -0.05) is 6.92 Å². The Hall–Kier alpha value is -1.45. The number of H-pyrrole nitrogens is 1. The maximum Gasteiger partial charge on any atom is 0.346 e. The molecule has 0 aliphatic heterocycles. The van der Waals surface area contributed by atoms with E-state index >= 15 is 0 Å². The Bertz CT molecular complexity index is 308. The molecule has 0 fully saturated rings. The van der Waals surface area contributed by atoms with Gasteiger partial charge in [-0.2, -0.15) is 0 Å². The zero-order valence-electron chi connectivity index (χ0n) is 6.24. The topological polar surface area (TPSA) is 58.1 Å². The fourth-order valence-electron chi connectivity index (χ4n) is 0.624. The van der Waals surface area contributed by atoms with Crippen molar-refractivity contribution in [1.29, 1.82) is 0 Å². The Kier molecular flexibility index (Phi) is 2.54. The van der Waals surface area contributed by atoms with Crippen LogP contribution in [0.5, 0.6) is 0 Å². The van der Waals surface area contributed by atoms with Gasteiger partial charge in [0.2, 0.25) is 0 Å². The van der Waals surface area contributed by atoms with Crippen molar-refractivity contribution in [3.63, 3.8) is 0 Å². The number of rotatable bonds is 2. The molecule has 1 N–H and O–H groups in total. The van der Waals surface area contributed by atoms with Gasteiger partial charge in [0, 0.05) is 13.8 Å². The van der Waals surface area contributed by atoms with Crippen LogP contribution in [0.25, 0.3) is 0 Å². The van der Waals surface area contributed by atoms with E-state index in [2.05, 4.69) is 15.0 Å². The Morgan fingerprint density at radius 1 is 1.91 bits per heavy atom. The molecule has 4 nitrogen and oxygen atoms in total. The van der Waals surface area contributed by atoms with E-state index in [0.717, 1.165) is 6.42 Å². The molecule has 0 spiro atoms. The van der Waals surface area contributed by atoms with Crippen molar-refractivity contribution in [3.8, 4) is 0 Å². The molecule has 1 aromatic heterocycles. The fraction of sp³-hybridized carbons (Fsp3) is 0.286. The SMILES string of the molecule is CC/C=N\c1ccnc(=O)[nH]1.[HH]. The summed E-state index contributed by atoms with van der Waals surface area (Å²) in [6.07, 6.45) is 4.01. The summed E-state index contributed by atoms with van der Waals surface area (Å²) in [5.41, 5.74) is -0.365. The number of hydrogen-bond donors (Lipinski definition) is 1. The van der Waals surface area contributed by atoms with Crippen molar-refractivity contribution < 1.29 is 1.43 Å². The molecule has 4 heteroatoms. The molecule has 0 aliphatic carbocycles. The lowest BCUT2D eigenvalue weighted by molar-refractivity contribution is 1.07. The highest BCUT2D eigenvalue weighted by atomic mass is 16.1. The number of nitrogens with zero attached hydrogens (tertiary/aromatic N) is 2. The molecule has 11 heavy (non-hydrogen) atoms. The standard InChI is InChI=1S/C7H9N3O.H2/c1-2-4-8-6-3-5-9-7(11)10-6;/h3-5H,2H2,1H3,(H,9,10,11);1H/b8-4-;. The third-order valence-corrected chi connectivity index (χ3v) is 1.07. The molecule has 60 valence electrons. The average molecular weight is 153 g/mol. The van der Waals surface area contributed by atoms with Crippen LogP contribution in [-0.2, 0) is 0 Å². The highest BCUT2D eigenvalue weighted by Gasteiger charge is 1.86. The van der Waals surface area contributed by atoms with E-state index < -0.39 is 0 Å². The first-order valence-corrected chi connectivity index (χ1v) is 3.41. The van der Waals surface area contributed by atoms with E-state index in [1.807, 2.05) is 6.92 Å². The first-order valence-electron chi connectivity index (χ1n) is 3.41. The molecule has 1 rings (SSSR count). The molecule has 0 saturated carbocycles. The Labute approximate surface area is 65.5 Å². The van der Waals surface area contributed by atoms with Gasteiger partial charge in [0.15, 0.2) is 0 Å². The van der Waals surface area contributed by atoms with Gasteiger partial charge in [-0.15, -0.1) is 0 Å². The number of aromatic nitrogens is 2. The monoisotopic (exact) mass is 153 g/mol. The zero-order chi connectivity index (χ0) is 8.10.